The van der Waals surface area contributed by atoms with Gasteiger partial charge >= 0.3 is 0 Å². The highest BCUT2D eigenvalue weighted by Gasteiger charge is 2.26. The maximum atomic E-state index is 13.8. The van der Waals surface area contributed by atoms with Gasteiger partial charge in [-0.15, -0.1) is 0 Å². The number of benzene rings is 2. The first-order valence-electron chi connectivity index (χ1n) is 8.56. The molecule has 5 nitrogen and oxygen atoms in total. The molecule has 1 aliphatic heterocycles. The standard InChI is InChI=1S/C20H18FN3O2S/c1-24-9-8-22-20(24)27-18-7-6-15(21)11-16(18)23-19(25)14-10-13-4-2-3-5-17(13)26-12-14/h2-9,11,14H,10,12H2,1H3,(H,23,25). The lowest BCUT2D eigenvalue weighted by Crippen LogP contribution is -2.32. The van der Waals surface area contributed by atoms with E-state index in [0.717, 1.165) is 21.4 Å². The topological polar surface area (TPSA) is 56.2 Å². The fourth-order valence-electron chi connectivity index (χ4n) is 2.97. The highest BCUT2D eigenvalue weighted by molar-refractivity contribution is 7.99. The van der Waals surface area contributed by atoms with E-state index in [-0.39, 0.29) is 11.8 Å². The predicted octanol–water partition coefficient (Wildman–Crippen LogP) is 3.90. The van der Waals surface area contributed by atoms with Crippen LogP contribution in [0, 0.1) is 11.7 Å². The van der Waals surface area contributed by atoms with Gasteiger partial charge in [0.1, 0.15) is 18.2 Å². The number of halogens is 1. The Morgan fingerprint density at radius 3 is 3.00 bits per heavy atom. The molecule has 138 valence electrons. The highest BCUT2D eigenvalue weighted by atomic mass is 32.2. The SMILES string of the molecule is Cn1ccnc1Sc1ccc(F)cc1NC(=O)C1COc2ccccc2C1. The van der Waals surface area contributed by atoms with E-state index in [4.69, 9.17) is 4.74 Å². The van der Waals surface area contributed by atoms with Gasteiger partial charge < -0.3 is 14.6 Å². The van der Waals surface area contributed by atoms with Crippen molar-refractivity contribution in [1.82, 2.24) is 9.55 Å². The van der Waals surface area contributed by atoms with E-state index in [2.05, 4.69) is 10.3 Å². The van der Waals surface area contributed by atoms with Gasteiger partial charge in [0.2, 0.25) is 5.91 Å². The van der Waals surface area contributed by atoms with Crippen LogP contribution in [-0.2, 0) is 18.3 Å². The summed E-state index contributed by atoms with van der Waals surface area (Å²) in [7, 11) is 1.88. The molecule has 1 atom stereocenters. The zero-order chi connectivity index (χ0) is 18.8. The number of hydrogen-bond donors (Lipinski definition) is 1. The van der Waals surface area contributed by atoms with Crippen molar-refractivity contribution >= 4 is 23.4 Å². The van der Waals surface area contributed by atoms with Crippen molar-refractivity contribution in [2.75, 3.05) is 11.9 Å². The maximum absolute atomic E-state index is 13.8. The molecule has 2 aromatic carbocycles. The molecule has 1 aliphatic rings. The Kier molecular flexibility index (Phi) is 4.85. The molecule has 7 heteroatoms. The fraction of sp³-hybridized carbons (Fsp3) is 0.200. The summed E-state index contributed by atoms with van der Waals surface area (Å²) in [4.78, 5) is 17.8. The van der Waals surface area contributed by atoms with E-state index >= 15 is 0 Å². The predicted molar refractivity (Wildman–Crippen MR) is 101 cm³/mol. The van der Waals surface area contributed by atoms with Crippen LogP contribution >= 0.6 is 11.8 Å². The molecule has 0 spiro atoms. The summed E-state index contributed by atoms with van der Waals surface area (Å²) in [5, 5.41) is 3.62. The van der Waals surface area contributed by atoms with Crippen LogP contribution < -0.4 is 10.1 Å². The van der Waals surface area contributed by atoms with E-state index in [1.54, 1.807) is 12.3 Å². The number of anilines is 1. The van der Waals surface area contributed by atoms with E-state index < -0.39 is 5.82 Å². The van der Waals surface area contributed by atoms with Crippen molar-refractivity contribution < 1.29 is 13.9 Å². The first kappa shape index (κ1) is 17.6. The number of para-hydroxylation sites is 1. The quantitative estimate of drug-likeness (QED) is 0.742. The Hall–Kier alpha value is -2.80. The van der Waals surface area contributed by atoms with Gasteiger partial charge in [0.15, 0.2) is 5.16 Å². The number of carbonyl (C=O) groups is 1. The molecule has 2 heterocycles. The summed E-state index contributed by atoms with van der Waals surface area (Å²) in [6, 6.07) is 12.1. The monoisotopic (exact) mass is 383 g/mol. The normalized spacial score (nSPS) is 15.7. The van der Waals surface area contributed by atoms with Crippen molar-refractivity contribution in [3.63, 3.8) is 0 Å². The van der Waals surface area contributed by atoms with Crippen LogP contribution in [0.4, 0.5) is 10.1 Å². The first-order chi connectivity index (χ1) is 13.1. The van der Waals surface area contributed by atoms with Gasteiger partial charge in [0, 0.05) is 24.3 Å². The number of imidazole rings is 1. The molecule has 3 aromatic rings. The van der Waals surface area contributed by atoms with Crippen LogP contribution in [0.5, 0.6) is 5.75 Å². The van der Waals surface area contributed by atoms with Crippen molar-refractivity contribution in [3.05, 3.63) is 66.2 Å². The lowest BCUT2D eigenvalue weighted by molar-refractivity contribution is -0.121. The van der Waals surface area contributed by atoms with Crippen LogP contribution in [-0.4, -0.2) is 22.1 Å². The van der Waals surface area contributed by atoms with E-state index in [1.807, 2.05) is 42.1 Å². The Bertz CT molecular complexity index is 989. The second-order valence-corrected chi connectivity index (χ2v) is 7.38. The third kappa shape index (κ3) is 3.83. The summed E-state index contributed by atoms with van der Waals surface area (Å²) in [6.45, 7) is 0.306. The molecule has 1 amide bonds. The molecule has 0 saturated heterocycles. The molecule has 27 heavy (non-hydrogen) atoms. The molecular formula is C20H18FN3O2S. The minimum atomic E-state index is -0.403. The van der Waals surface area contributed by atoms with Crippen LogP contribution in [0.15, 0.2) is 64.9 Å². The number of aryl methyl sites for hydroxylation is 1. The molecular weight excluding hydrogens is 365 g/mol. The molecule has 0 radical (unpaired) electrons. The zero-order valence-corrected chi connectivity index (χ0v) is 15.5. The number of nitrogens with zero attached hydrogens (tertiary/aromatic N) is 2. The van der Waals surface area contributed by atoms with Gasteiger partial charge in [-0.25, -0.2) is 9.37 Å². The summed E-state index contributed by atoms with van der Waals surface area (Å²) in [5.74, 6) is -0.0935. The first-order valence-corrected chi connectivity index (χ1v) is 9.38. The number of aromatic nitrogens is 2. The summed E-state index contributed by atoms with van der Waals surface area (Å²) in [6.07, 6.45) is 4.13. The van der Waals surface area contributed by atoms with Gasteiger partial charge in [0.25, 0.3) is 0 Å². The second-order valence-electron chi connectivity index (χ2n) is 6.37. The largest absolute Gasteiger partial charge is 0.492 e. The molecule has 0 aliphatic carbocycles. The molecule has 0 fully saturated rings. The number of hydrogen-bond acceptors (Lipinski definition) is 4. The number of ether oxygens (including phenoxy) is 1. The number of nitrogens with one attached hydrogen (secondary N) is 1. The van der Waals surface area contributed by atoms with Gasteiger partial charge in [0.05, 0.1) is 11.6 Å². The van der Waals surface area contributed by atoms with Crippen LogP contribution in [0.25, 0.3) is 0 Å². The molecule has 1 unspecified atom stereocenters. The van der Waals surface area contributed by atoms with Crippen molar-refractivity contribution in [3.8, 4) is 5.75 Å². The molecule has 1 aromatic heterocycles. The Balaban J connectivity index is 1.53. The Morgan fingerprint density at radius 2 is 2.19 bits per heavy atom. The van der Waals surface area contributed by atoms with Crippen LogP contribution in [0.2, 0.25) is 0 Å². The summed E-state index contributed by atoms with van der Waals surface area (Å²) in [5.41, 5.74) is 1.44. The van der Waals surface area contributed by atoms with Gasteiger partial charge in [-0.05, 0) is 48.0 Å². The molecule has 1 N–H and O–H groups in total. The van der Waals surface area contributed by atoms with E-state index in [0.29, 0.717) is 18.7 Å². The Morgan fingerprint density at radius 1 is 1.33 bits per heavy atom. The minimum Gasteiger partial charge on any atom is -0.492 e. The average molecular weight is 383 g/mol. The maximum Gasteiger partial charge on any atom is 0.231 e. The number of fused-ring (bicyclic) bond motifs is 1. The highest BCUT2D eigenvalue weighted by Crippen LogP contribution is 2.34. The van der Waals surface area contributed by atoms with E-state index in [9.17, 15) is 9.18 Å². The Labute approximate surface area is 160 Å². The average Bonchev–Trinajstić information content (AvgIpc) is 3.08. The summed E-state index contributed by atoms with van der Waals surface area (Å²) >= 11 is 1.37. The summed E-state index contributed by atoms with van der Waals surface area (Å²) < 4.78 is 21.4. The lowest BCUT2D eigenvalue weighted by atomic mass is 9.96. The minimum absolute atomic E-state index is 0.184. The van der Waals surface area contributed by atoms with Crippen molar-refractivity contribution in [2.24, 2.45) is 13.0 Å². The smallest absolute Gasteiger partial charge is 0.231 e. The second kappa shape index (κ2) is 7.44. The zero-order valence-electron chi connectivity index (χ0n) is 14.7. The number of carbonyl (C=O) groups excluding carboxylic acids is 1. The van der Waals surface area contributed by atoms with Crippen LogP contribution in [0.1, 0.15) is 5.56 Å². The van der Waals surface area contributed by atoms with Crippen molar-refractivity contribution in [2.45, 2.75) is 16.5 Å². The number of rotatable bonds is 4. The third-order valence-corrected chi connectivity index (χ3v) is 5.58. The van der Waals surface area contributed by atoms with E-state index in [1.165, 1.54) is 23.9 Å². The third-order valence-electron chi connectivity index (χ3n) is 4.43. The molecule has 4 rings (SSSR count). The van der Waals surface area contributed by atoms with Gasteiger partial charge in [-0.3, -0.25) is 4.79 Å². The van der Waals surface area contributed by atoms with Crippen molar-refractivity contribution in [1.29, 1.82) is 0 Å². The molecule has 0 saturated carbocycles. The molecule has 0 bridgehead atoms. The van der Waals surface area contributed by atoms with Gasteiger partial charge in [-0.1, -0.05) is 18.2 Å². The lowest BCUT2D eigenvalue weighted by Gasteiger charge is -2.24. The van der Waals surface area contributed by atoms with Crippen LogP contribution in [0.3, 0.4) is 0 Å². The fourth-order valence-corrected chi connectivity index (χ4v) is 3.84. The number of amides is 1. The van der Waals surface area contributed by atoms with Gasteiger partial charge in [-0.2, -0.15) is 0 Å².